The number of amides is 2. The number of hydrogen-bond acceptors (Lipinski definition) is 2. The summed E-state index contributed by atoms with van der Waals surface area (Å²) in [6.45, 7) is 10.1. The van der Waals surface area contributed by atoms with Crippen LogP contribution in [0.4, 0.5) is 0 Å². The molecule has 0 aromatic carbocycles. The average Bonchev–Trinajstić information content (AvgIpc) is 2.38. The van der Waals surface area contributed by atoms with E-state index >= 15 is 0 Å². The summed E-state index contributed by atoms with van der Waals surface area (Å²) in [5.41, 5.74) is 0. The van der Waals surface area contributed by atoms with Crippen molar-refractivity contribution in [3.8, 4) is 0 Å². The Bertz CT molecular complexity index is 317. The predicted octanol–water partition coefficient (Wildman–Crippen LogP) is 1.94. The van der Waals surface area contributed by atoms with Gasteiger partial charge >= 0.3 is 0 Å². The molecule has 0 saturated carbocycles. The van der Waals surface area contributed by atoms with Crippen LogP contribution in [0.3, 0.4) is 0 Å². The van der Waals surface area contributed by atoms with Crippen molar-refractivity contribution in [2.75, 3.05) is 0 Å². The van der Waals surface area contributed by atoms with Crippen LogP contribution in [0.5, 0.6) is 0 Å². The summed E-state index contributed by atoms with van der Waals surface area (Å²) < 4.78 is 0. The molecule has 2 amide bonds. The zero-order chi connectivity index (χ0) is 13.9. The highest BCUT2D eigenvalue weighted by Gasteiger charge is 2.42. The second-order valence-electron chi connectivity index (χ2n) is 5.30. The molecule has 0 aromatic rings. The van der Waals surface area contributed by atoms with Crippen molar-refractivity contribution in [1.82, 2.24) is 10.2 Å². The normalized spacial score (nSPS) is 27.9. The minimum Gasteiger partial charge on any atom is -0.342 e. The number of rotatable bonds is 5. The molecule has 0 aromatic heterocycles. The van der Waals surface area contributed by atoms with Gasteiger partial charge in [-0.05, 0) is 25.7 Å². The van der Waals surface area contributed by atoms with E-state index in [0.29, 0.717) is 6.42 Å². The summed E-state index contributed by atoms with van der Waals surface area (Å²) in [5.74, 6) is 0.277. The van der Waals surface area contributed by atoms with Crippen molar-refractivity contribution < 1.29 is 9.59 Å². The van der Waals surface area contributed by atoms with E-state index < -0.39 is 0 Å². The third-order valence-corrected chi connectivity index (χ3v) is 4.12. The summed E-state index contributed by atoms with van der Waals surface area (Å²) in [6.07, 6.45) is 2.44. The molecule has 0 spiro atoms. The van der Waals surface area contributed by atoms with Crippen LogP contribution in [0, 0.1) is 5.92 Å². The zero-order valence-corrected chi connectivity index (χ0v) is 12.2. The van der Waals surface area contributed by atoms with Crippen molar-refractivity contribution in [2.24, 2.45) is 5.92 Å². The second kappa shape index (κ2) is 6.21. The number of hydrogen-bond donors (Lipinski definition) is 1. The summed E-state index contributed by atoms with van der Waals surface area (Å²) in [6, 6.07) is -0.521. The van der Waals surface area contributed by atoms with E-state index in [1.807, 2.05) is 27.7 Å². The standard InChI is InChI=1S/C14H26N2O2/c1-6-9(4)12-14(18)16(10(5)7-2)11(8-3)13(17)15-12/h9-12H,6-8H2,1-5H3,(H,15,17). The molecule has 1 aliphatic rings. The Balaban J connectivity index is 3.00. The SMILES string of the molecule is CCC(C)C1NC(=O)C(CC)N(C(C)CC)C1=O. The molecular formula is C14H26N2O2. The number of nitrogens with zero attached hydrogens (tertiary/aromatic N) is 1. The van der Waals surface area contributed by atoms with Crippen LogP contribution < -0.4 is 5.32 Å². The molecule has 1 aliphatic heterocycles. The van der Waals surface area contributed by atoms with Crippen LogP contribution in [0.2, 0.25) is 0 Å². The maximum absolute atomic E-state index is 12.6. The van der Waals surface area contributed by atoms with Gasteiger partial charge in [0, 0.05) is 6.04 Å². The van der Waals surface area contributed by atoms with Gasteiger partial charge < -0.3 is 10.2 Å². The van der Waals surface area contributed by atoms with Crippen LogP contribution >= 0.6 is 0 Å². The largest absolute Gasteiger partial charge is 0.342 e. The fraction of sp³-hybridized carbons (Fsp3) is 0.857. The molecule has 1 fully saturated rings. The lowest BCUT2D eigenvalue weighted by molar-refractivity contribution is -0.153. The number of carbonyl (C=O) groups excluding carboxylic acids is 2. The first-order valence-electron chi connectivity index (χ1n) is 7.10. The molecule has 1 heterocycles. The van der Waals surface area contributed by atoms with Gasteiger partial charge in [0.1, 0.15) is 12.1 Å². The summed E-state index contributed by atoms with van der Waals surface area (Å²) in [4.78, 5) is 26.5. The fourth-order valence-electron chi connectivity index (χ4n) is 2.48. The quantitative estimate of drug-likeness (QED) is 0.815. The molecule has 0 radical (unpaired) electrons. The van der Waals surface area contributed by atoms with Crippen molar-refractivity contribution in [3.63, 3.8) is 0 Å². The van der Waals surface area contributed by atoms with Gasteiger partial charge in [-0.3, -0.25) is 9.59 Å². The van der Waals surface area contributed by atoms with Crippen molar-refractivity contribution in [3.05, 3.63) is 0 Å². The van der Waals surface area contributed by atoms with E-state index in [-0.39, 0.29) is 35.9 Å². The third-order valence-electron chi connectivity index (χ3n) is 4.12. The van der Waals surface area contributed by atoms with E-state index in [1.165, 1.54) is 0 Å². The van der Waals surface area contributed by atoms with Crippen molar-refractivity contribution >= 4 is 11.8 Å². The highest BCUT2D eigenvalue weighted by molar-refractivity contribution is 5.97. The molecule has 1 rings (SSSR count). The molecule has 18 heavy (non-hydrogen) atoms. The molecule has 0 aliphatic carbocycles. The van der Waals surface area contributed by atoms with Gasteiger partial charge in [-0.25, -0.2) is 0 Å². The maximum Gasteiger partial charge on any atom is 0.246 e. The molecule has 4 unspecified atom stereocenters. The Kier molecular flexibility index (Phi) is 5.17. The van der Waals surface area contributed by atoms with Gasteiger partial charge in [0.05, 0.1) is 0 Å². The average molecular weight is 254 g/mol. The van der Waals surface area contributed by atoms with E-state index in [9.17, 15) is 9.59 Å². The van der Waals surface area contributed by atoms with Crippen LogP contribution in [-0.4, -0.2) is 34.8 Å². The Morgan fingerprint density at radius 3 is 2.22 bits per heavy atom. The summed E-state index contributed by atoms with van der Waals surface area (Å²) in [7, 11) is 0. The zero-order valence-electron chi connectivity index (χ0n) is 12.2. The molecular weight excluding hydrogens is 228 g/mol. The lowest BCUT2D eigenvalue weighted by Gasteiger charge is -2.43. The van der Waals surface area contributed by atoms with Crippen LogP contribution in [0.1, 0.15) is 53.9 Å². The van der Waals surface area contributed by atoms with Gasteiger partial charge in [-0.15, -0.1) is 0 Å². The van der Waals surface area contributed by atoms with E-state index in [4.69, 9.17) is 0 Å². The minimum absolute atomic E-state index is 0.00250. The topological polar surface area (TPSA) is 49.4 Å². The van der Waals surface area contributed by atoms with E-state index in [2.05, 4.69) is 12.2 Å². The second-order valence-corrected chi connectivity index (χ2v) is 5.30. The molecule has 104 valence electrons. The van der Waals surface area contributed by atoms with Crippen LogP contribution in [0.25, 0.3) is 0 Å². The predicted molar refractivity (Wildman–Crippen MR) is 72.1 cm³/mol. The van der Waals surface area contributed by atoms with Crippen molar-refractivity contribution in [2.45, 2.75) is 72.0 Å². The van der Waals surface area contributed by atoms with Gasteiger partial charge in [0.25, 0.3) is 0 Å². The highest BCUT2D eigenvalue weighted by atomic mass is 16.2. The highest BCUT2D eigenvalue weighted by Crippen LogP contribution is 2.22. The van der Waals surface area contributed by atoms with Gasteiger partial charge in [0.2, 0.25) is 11.8 Å². The first-order valence-corrected chi connectivity index (χ1v) is 7.10. The summed E-state index contributed by atoms with van der Waals surface area (Å²) >= 11 is 0. The monoisotopic (exact) mass is 254 g/mol. The Morgan fingerprint density at radius 2 is 1.78 bits per heavy atom. The van der Waals surface area contributed by atoms with Crippen LogP contribution in [-0.2, 0) is 9.59 Å². The first-order chi connectivity index (χ1) is 8.47. The van der Waals surface area contributed by atoms with Gasteiger partial charge in [0.15, 0.2) is 0 Å². The lowest BCUT2D eigenvalue weighted by Crippen LogP contribution is -2.66. The fourth-order valence-corrected chi connectivity index (χ4v) is 2.48. The molecule has 1 saturated heterocycles. The third kappa shape index (κ3) is 2.68. The van der Waals surface area contributed by atoms with E-state index in [0.717, 1.165) is 12.8 Å². The van der Waals surface area contributed by atoms with Crippen molar-refractivity contribution in [1.29, 1.82) is 0 Å². The number of nitrogens with one attached hydrogen (secondary N) is 1. The summed E-state index contributed by atoms with van der Waals surface area (Å²) in [5, 5.41) is 2.90. The smallest absolute Gasteiger partial charge is 0.246 e. The lowest BCUT2D eigenvalue weighted by atomic mass is 9.92. The van der Waals surface area contributed by atoms with Crippen LogP contribution in [0.15, 0.2) is 0 Å². The molecule has 1 N–H and O–H groups in total. The number of piperazine rings is 1. The number of carbonyl (C=O) groups is 2. The molecule has 4 atom stereocenters. The molecule has 4 nitrogen and oxygen atoms in total. The van der Waals surface area contributed by atoms with Gasteiger partial charge in [-0.2, -0.15) is 0 Å². The van der Waals surface area contributed by atoms with E-state index in [1.54, 1.807) is 4.90 Å². The maximum atomic E-state index is 12.6. The Labute approximate surface area is 110 Å². The minimum atomic E-state index is -0.348. The first kappa shape index (κ1) is 15.0. The Hall–Kier alpha value is -1.06. The van der Waals surface area contributed by atoms with Gasteiger partial charge in [-0.1, -0.05) is 34.1 Å². The molecule has 0 bridgehead atoms. The molecule has 4 heteroatoms. The Morgan fingerprint density at radius 1 is 1.17 bits per heavy atom.